The molecule has 0 aliphatic rings. The minimum atomic E-state index is 0. The third-order valence-electron chi connectivity index (χ3n) is 0.553. The van der Waals surface area contributed by atoms with Crippen molar-refractivity contribution in [3.8, 4) is 0 Å². The van der Waals surface area contributed by atoms with Gasteiger partial charge in [-0.05, 0) is 13.3 Å². The Morgan fingerprint density at radius 1 is 1.29 bits per heavy atom. The summed E-state index contributed by atoms with van der Waals surface area (Å²) in [6.07, 6.45) is 1.13. The van der Waals surface area contributed by atoms with E-state index in [9.17, 15) is 0 Å². The van der Waals surface area contributed by atoms with E-state index in [2.05, 4.69) is 6.92 Å². The molecule has 7 heavy (non-hydrogen) atoms. The van der Waals surface area contributed by atoms with E-state index in [1.807, 2.05) is 6.92 Å². The van der Waals surface area contributed by atoms with Crippen molar-refractivity contribution in [1.29, 1.82) is 0 Å². The normalized spacial score (nSPS) is 7.71. The van der Waals surface area contributed by atoms with Crippen molar-refractivity contribution in [2.24, 2.45) is 0 Å². The van der Waals surface area contributed by atoms with Gasteiger partial charge in [-0.1, -0.05) is 6.92 Å². The van der Waals surface area contributed by atoms with E-state index >= 15 is 0 Å². The Hall–Kier alpha value is 0.518. The molecule has 46 valence electrons. The van der Waals surface area contributed by atoms with Gasteiger partial charge in [0.25, 0.3) is 0 Å². The molecule has 0 bridgehead atoms. The van der Waals surface area contributed by atoms with Crippen LogP contribution in [0.15, 0.2) is 0 Å². The van der Waals surface area contributed by atoms with E-state index in [1.54, 1.807) is 0 Å². The van der Waals surface area contributed by atoms with Crippen LogP contribution < -0.4 is 0 Å². The molecule has 0 aliphatic heterocycles. The average molecular weight is 166 g/mol. The van der Waals surface area contributed by atoms with Crippen LogP contribution in [0.25, 0.3) is 0 Å². The topological polar surface area (TPSA) is 9.23 Å². The number of hydrogen-bond donors (Lipinski definition) is 0. The number of ether oxygens (including phenoxy) is 1. The Kier molecular flexibility index (Phi) is 14.6. The van der Waals surface area contributed by atoms with Crippen LogP contribution in [0.3, 0.4) is 0 Å². The monoisotopic (exact) mass is 166 g/mol. The van der Waals surface area contributed by atoms with Gasteiger partial charge in [0.05, 0.1) is 0 Å². The van der Waals surface area contributed by atoms with E-state index in [0.717, 1.165) is 19.6 Å². The van der Waals surface area contributed by atoms with Crippen molar-refractivity contribution in [3.05, 3.63) is 0 Å². The van der Waals surface area contributed by atoms with E-state index in [1.165, 1.54) is 0 Å². The Labute approximate surface area is 56.7 Å². The second-order valence-electron chi connectivity index (χ2n) is 1.20. The Morgan fingerprint density at radius 2 is 1.86 bits per heavy atom. The zero-order chi connectivity index (χ0) is 4.83. The number of hydrogen-bond acceptors (Lipinski definition) is 1. The van der Waals surface area contributed by atoms with Gasteiger partial charge in [0.15, 0.2) is 0 Å². The zero-order valence-corrected chi connectivity index (χ0v) is 8.20. The summed E-state index contributed by atoms with van der Waals surface area (Å²) in [5, 5.41) is 0. The SMILES string of the molecule is CCCOCC.[AsH3]. The van der Waals surface area contributed by atoms with Gasteiger partial charge in [0.2, 0.25) is 0 Å². The molecule has 0 heterocycles. The second-order valence-corrected chi connectivity index (χ2v) is 1.20. The molecule has 0 saturated heterocycles. The molecule has 0 aromatic heterocycles. The number of rotatable bonds is 3. The van der Waals surface area contributed by atoms with Crippen molar-refractivity contribution in [3.63, 3.8) is 0 Å². The molecule has 1 nitrogen and oxygen atoms in total. The van der Waals surface area contributed by atoms with E-state index < -0.39 is 0 Å². The Bertz CT molecular complexity index is 20.0. The fourth-order valence-corrected chi connectivity index (χ4v) is 0.289. The molecule has 0 spiro atoms. The molecule has 0 aromatic rings. The summed E-state index contributed by atoms with van der Waals surface area (Å²) in [7, 11) is 0. The molecule has 0 saturated carbocycles. The van der Waals surface area contributed by atoms with E-state index in [0.29, 0.717) is 0 Å². The molecule has 0 N–H and O–H groups in total. The molecule has 2 heteroatoms. The summed E-state index contributed by atoms with van der Waals surface area (Å²) in [6.45, 7) is 5.88. The van der Waals surface area contributed by atoms with Crippen LogP contribution in [0.2, 0.25) is 0 Å². The van der Waals surface area contributed by atoms with Crippen molar-refractivity contribution in [1.82, 2.24) is 0 Å². The van der Waals surface area contributed by atoms with Crippen LogP contribution in [0, 0.1) is 0 Å². The molecule has 1 unspecified atom stereocenters. The molecule has 0 fully saturated rings. The first-order valence-electron chi connectivity index (χ1n) is 2.49. The van der Waals surface area contributed by atoms with Crippen LogP contribution in [0.4, 0.5) is 0 Å². The van der Waals surface area contributed by atoms with Gasteiger partial charge in [-0.3, -0.25) is 0 Å². The molecule has 0 rings (SSSR count). The molecule has 0 aromatic carbocycles. The first kappa shape index (κ1) is 10.5. The molecular weight excluding hydrogens is 151 g/mol. The molecule has 0 aliphatic carbocycles. The molecule has 1 atom stereocenters. The van der Waals surface area contributed by atoms with Crippen LogP contribution in [-0.4, -0.2) is 31.2 Å². The third kappa shape index (κ3) is 10.8. The van der Waals surface area contributed by atoms with Gasteiger partial charge < -0.3 is 4.74 Å². The molecular formula is C5H15AsO. The van der Waals surface area contributed by atoms with E-state index in [4.69, 9.17) is 4.74 Å². The quantitative estimate of drug-likeness (QED) is 0.431. The summed E-state index contributed by atoms with van der Waals surface area (Å²) in [5.41, 5.74) is 0. The maximum atomic E-state index is 4.98. The van der Waals surface area contributed by atoms with Crippen molar-refractivity contribution >= 4 is 18.0 Å². The Balaban J connectivity index is 0. The van der Waals surface area contributed by atoms with Crippen LogP contribution >= 0.6 is 0 Å². The first-order chi connectivity index (χ1) is 2.91. The second kappa shape index (κ2) is 9.72. The Morgan fingerprint density at radius 3 is 2.00 bits per heavy atom. The van der Waals surface area contributed by atoms with Crippen molar-refractivity contribution in [2.45, 2.75) is 20.3 Å². The van der Waals surface area contributed by atoms with Gasteiger partial charge in [0, 0.05) is 13.2 Å². The summed E-state index contributed by atoms with van der Waals surface area (Å²) in [6, 6.07) is 0. The molecule has 0 amide bonds. The van der Waals surface area contributed by atoms with Crippen molar-refractivity contribution < 1.29 is 4.74 Å². The van der Waals surface area contributed by atoms with E-state index in [-0.39, 0.29) is 18.0 Å². The van der Waals surface area contributed by atoms with Gasteiger partial charge >= 0.3 is 18.0 Å². The fourth-order valence-electron chi connectivity index (χ4n) is 0.289. The predicted molar refractivity (Wildman–Crippen MR) is 36.7 cm³/mol. The summed E-state index contributed by atoms with van der Waals surface area (Å²) < 4.78 is 4.98. The maximum absolute atomic E-state index is 4.98. The van der Waals surface area contributed by atoms with Gasteiger partial charge in [-0.25, -0.2) is 0 Å². The first-order valence-corrected chi connectivity index (χ1v) is 2.49. The van der Waals surface area contributed by atoms with Gasteiger partial charge in [0.1, 0.15) is 0 Å². The fraction of sp³-hybridized carbons (Fsp3) is 1.00. The third-order valence-corrected chi connectivity index (χ3v) is 0.553. The van der Waals surface area contributed by atoms with Crippen LogP contribution in [0.1, 0.15) is 20.3 Å². The summed E-state index contributed by atoms with van der Waals surface area (Å²) in [4.78, 5) is 0. The minimum absolute atomic E-state index is 0. The van der Waals surface area contributed by atoms with Gasteiger partial charge in [-0.15, -0.1) is 0 Å². The standard InChI is InChI=1S/C5H12O.AsH3/c1-3-5-6-4-2;/h3-5H2,1-2H3;1H3. The summed E-state index contributed by atoms with van der Waals surface area (Å²) >= 11 is 0. The summed E-state index contributed by atoms with van der Waals surface area (Å²) in [5.74, 6) is 0. The zero-order valence-electron chi connectivity index (χ0n) is 5.24. The predicted octanol–water partition coefficient (Wildman–Crippen LogP) is 0.249. The van der Waals surface area contributed by atoms with Gasteiger partial charge in [-0.2, -0.15) is 0 Å². The van der Waals surface area contributed by atoms with Crippen LogP contribution in [-0.2, 0) is 4.74 Å². The molecule has 0 radical (unpaired) electrons. The van der Waals surface area contributed by atoms with Crippen LogP contribution in [0.5, 0.6) is 0 Å². The average Bonchev–Trinajstić information content (AvgIpc) is 1.61. The van der Waals surface area contributed by atoms with Crippen molar-refractivity contribution in [2.75, 3.05) is 13.2 Å².